The van der Waals surface area contributed by atoms with E-state index in [-0.39, 0.29) is 5.91 Å². The first-order valence-electron chi connectivity index (χ1n) is 6.05. The summed E-state index contributed by atoms with van der Waals surface area (Å²) < 4.78 is 5.04. The van der Waals surface area contributed by atoms with E-state index in [4.69, 9.17) is 4.74 Å². The van der Waals surface area contributed by atoms with Crippen LogP contribution in [0.4, 0.5) is 0 Å². The van der Waals surface area contributed by atoms with Crippen LogP contribution in [0.25, 0.3) is 0 Å². The van der Waals surface area contributed by atoms with E-state index in [0.29, 0.717) is 11.5 Å². The summed E-state index contributed by atoms with van der Waals surface area (Å²) in [6, 6.07) is 7.14. The number of ether oxygens (including phenoxy) is 1. The largest absolute Gasteiger partial charge is 0.497 e. The number of benzene rings is 1. The zero-order chi connectivity index (χ0) is 12.7. The molecule has 0 atom stereocenters. The van der Waals surface area contributed by atoms with E-state index in [1.165, 1.54) is 0 Å². The highest BCUT2D eigenvalue weighted by Gasteiger charge is 2.04. The van der Waals surface area contributed by atoms with Gasteiger partial charge in [0.1, 0.15) is 5.75 Å². The van der Waals surface area contributed by atoms with Gasteiger partial charge >= 0.3 is 0 Å². The Morgan fingerprint density at radius 3 is 2.47 bits per heavy atom. The Balaban J connectivity index is 2.36. The average Bonchev–Trinajstić information content (AvgIpc) is 2.34. The van der Waals surface area contributed by atoms with E-state index in [2.05, 4.69) is 19.2 Å². The SMILES string of the molecule is COc1ccc(C(=O)NCCCC(C)C)cc1. The Kier molecular flexibility index (Phi) is 5.53. The fourth-order valence-corrected chi connectivity index (χ4v) is 1.56. The van der Waals surface area contributed by atoms with Crippen LogP contribution in [0.5, 0.6) is 5.75 Å². The molecular formula is C14H21NO2. The molecule has 0 fully saturated rings. The van der Waals surface area contributed by atoms with Crippen molar-refractivity contribution in [2.45, 2.75) is 26.7 Å². The van der Waals surface area contributed by atoms with Crippen LogP contribution in [0.2, 0.25) is 0 Å². The molecule has 0 aliphatic carbocycles. The van der Waals surface area contributed by atoms with E-state index in [9.17, 15) is 4.79 Å². The third kappa shape index (κ3) is 4.89. The molecule has 1 rings (SSSR count). The molecule has 0 radical (unpaired) electrons. The van der Waals surface area contributed by atoms with Crippen LogP contribution in [0.3, 0.4) is 0 Å². The molecule has 0 aromatic heterocycles. The Morgan fingerprint density at radius 2 is 1.94 bits per heavy atom. The maximum absolute atomic E-state index is 11.7. The van der Waals surface area contributed by atoms with Gasteiger partial charge in [0.25, 0.3) is 5.91 Å². The van der Waals surface area contributed by atoms with Crippen LogP contribution < -0.4 is 10.1 Å². The fourth-order valence-electron chi connectivity index (χ4n) is 1.56. The summed E-state index contributed by atoms with van der Waals surface area (Å²) in [6.45, 7) is 5.11. The number of hydrogen-bond acceptors (Lipinski definition) is 2. The highest BCUT2D eigenvalue weighted by Crippen LogP contribution is 2.11. The Morgan fingerprint density at radius 1 is 1.29 bits per heavy atom. The molecule has 1 amide bonds. The minimum absolute atomic E-state index is 0.0172. The van der Waals surface area contributed by atoms with Crippen molar-refractivity contribution < 1.29 is 9.53 Å². The lowest BCUT2D eigenvalue weighted by Crippen LogP contribution is -2.24. The van der Waals surface area contributed by atoms with Crippen LogP contribution >= 0.6 is 0 Å². The molecule has 0 spiro atoms. The van der Waals surface area contributed by atoms with Crippen molar-refractivity contribution in [2.24, 2.45) is 5.92 Å². The van der Waals surface area contributed by atoms with Gasteiger partial charge in [-0.3, -0.25) is 4.79 Å². The summed E-state index contributed by atoms with van der Waals surface area (Å²) in [7, 11) is 1.61. The van der Waals surface area contributed by atoms with Crippen molar-refractivity contribution in [3.63, 3.8) is 0 Å². The first-order valence-corrected chi connectivity index (χ1v) is 6.05. The second-order valence-electron chi connectivity index (χ2n) is 4.52. The monoisotopic (exact) mass is 235 g/mol. The van der Waals surface area contributed by atoms with E-state index >= 15 is 0 Å². The lowest BCUT2D eigenvalue weighted by Gasteiger charge is -2.07. The molecule has 0 bridgehead atoms. The lowest BCUT2D eigenvalue weighted by atomic mass is 10.1. The predicted molar refractivity (Wildman–Crippen MR) is 69.4 cm³/mol. The molecule has 17 heavy (non-hydrogen) atoms. The van der Waals surface area contributed by atoms with Crippen molar-refractivity contribution in [2.75, 3.05) is 13.7 Å². The first-order chi connectivity index (χ1) is 8.13. The zero-order valence-corrected chi connectivity index (χ0v) is 10.8. The molecule has 1 aromatic carbocycles. The maximum atomic E-state index is 11.7. The van der Waals surface area contributed by atoms with Gasteiger partial charge in [-0.1, -0.05) is 13.8 Å². The molecule has 1 aromatic rings. The third-order valence-corrected chi connectivity index (χ3v) is 2.60. The second kappa shape index (κ2) is 6.94. The van der Waals surface area contributed by atoms with Gasteiger partial charge in [0.2, 0.25) is 0 Å². The van der Waals surface area contributed by atoms with E-state index in [1.807, 2.05) is 0 Å². The van der Waals surface area contributed by atoms with Crippen LogP contribution in [0.15, 0.2) is 24.3 Å². The van der Waals surface area contributed by atoms with Crippen molar-refractivity contribution >= 4 is 5.91 Å². The molecule has 0 saturated carbocycles. The number of hydrogen-bond donors (Lipinski definition) is 1. The minimum atomic E-state index is -0.0172. The van der Waals surface area contributed by atoms with Crippen molar-refractivity contribution in [3.8, 4) is 5.75 Å². The average molecular weight is 235 g/mol. The summed E-state index contributed by atoms with van der Waals surface area (Å²) in [4.78, 5) is 11.7. The Bertz CT molecular complexity index is 344. The van der Waals surface area contributed by atoms with Crippen molar-refractivity contribution in [3.05, 3.63) is 29.8 Å². The molecule has 1 N–H and O–H groups in total. The summed E-state index contributed by atoms with van der Waals surface area (Å²) >= 11 is 0. The zero-order valence-electron chi connectivity index (χ0n) is 10.8. The number of rotatable bonds is 6. The van der Waals surface area contributed by atoms with Crippen molar-refractivity contribution in [1.29, 1.82) is 0 Å². The lowest BCUT2D eigenvalue weighted by molar-refractivity contribution is 0.0952. The van der Waals surface area contributed by atoms with Crippen LogP contribution in [-0.2, 0) is 0 Å². The molecule has 0 heterocycles. The van der Waals surface area contributed by atoms with Crippen molar-refractivity contribution in [1.82, 2.24) is 5.32 Å². The topological polar surface area (TPSA) is 38.3 Å². The number of nitrogens with one attached hydrogen (secondary N) is 1. The molecule has 0 unspecified atom stereocenters. The molecule has 94 valence electrons. The van der Waals surface area contributed by atoms with Gasteiger partial charge in [-0.05, 0) is 43.0 Å². The molecule has 0 aliphatic heterocycles. The first kappa shape index (κ1) is 13.6. The summed E-state index contributed by atoms with van der Waals surface area (Å²) in [6.07, 6.45) is 2.17. The van der Waals surface area contributed by atoms with Crippen LogP contribution in [0.1, 0.15) is 37.0 Å². The van der Waals surface area contributed by atoms with E-state index < -0.39 is 0 Å². The minimum Gasteiger partial charge on any atom is -0.497 e. The molecule has 0 saturated heterocycles. The third-order valence-electron chi connectivity index (χ3n) is 2.60. The van der Waals surface area contributed by atoms with Gasteiger partial charge in [0.05, 0.1) is 7.11 Å². The van der Waals surface area contributed by atoms with Gasteiger partial charge in [0.15, 0.2) is 0 Å². The number of carbonyl (C=O) groups is 1. The highest BCUT2D eigenvalue weighted by atomic mass is 16.5. The second-order valence-corrected chi connectivity index (χ2v) is 4.52. The van der Waals surface area contributed by atoms with E-state index in [0.717, 1.165) is 25.1 Å². The standard InChI is InChI=1S/C14H21NO2/c1-11(2)5-4-10-15-14(16)12-6-8-13(17-3)9-7-12/h6-9,11H,4-5,10H2,1-3H3,(H,15,16). The Labute approximate surface area is 103 Å². The van der Waals surface area contributed by atoms with Gasteiger partial charge in [-0.2, -0.15) is 0 Å². The van der Waals surface area contributed by atoms with Crippen LogP contribution in [0, 0.1) is 5.92 Å². The quantitative estimate of drug-likeness (QED) is 0.770. The molecular weight excluding hydrogens is 214 g/mol. The van der Waals surface area contributed by atoms with Gasteiger partial charge < -0.3 is 10.1 Å². The fraction of sp³-hybridized carbons (Fsp3) is 0.500. The Hall–Kier alpha value is -1.51. The molecule has 3 heteroatoms. The normalized spacial score (nSPS) is 10.4. The number of carbonyl (C=O) groups excluding carboxylic acids is 1. The smallest absolute Gasteiger partial charge is 0.251 e. The summed E-state index contributed by atoms with van der Waals surface area (Å²) in [5, 5.41) is 2.91. The van der Waals surface area contributed by atoms with Gasteiger partial charge in [0, 0.05) is 12.1 Å². The summed E-state index contributed by atoms with van der Waals surface area (Å²) in [5.74, 6) is 1.44. The highest BCUT2D eigenvalue weighted by molar-refractivity contribution is 5.94. The number of methoxy groups -OCH3 is 1. The van der Waals surface area contributed by atoms with Gasteiger partial charge in [-0.25, -0.2) is 0 Å². The predicted octanol–water partition coefficient (Wildman–Crippen LogP) is 2.86. The molecule has 0 aliphatic rings. The van der Waals surface area contributed by atoms with Gasteiger partial charge in [-0.15, -0.1) is 0 Å². The maximum Gasteiger partial charge on any atom is 0.251 e. The summed E-state index contributed by atoms with van der Waals surface area (Å²) in [5.41, 5.74) is 0.676. The van der Waals surface area contributed by atoms with Crippen LogP contribution in [-0.4, -0.2) is 19.6 Å². The van der Waals surface area contributed by atoms with E-state index in [1.54, 1.807) is 31.4 Å². The molecule has 3 nitrogen and oxygen atoms in total. The number of amides is 1.